The molecule has 0 aromatic heterocycles. The fraction of sp³-hybridized carbons (Fsp3) is 0.857. The predicted molar refractivity (Wildman–Crippen MR) is 34.7 cm³/mol. The minimum absolute atomic E-state index is 0.101. The van der Waals surface area contributed by atoms with Crippen LogP contribution >= 0.6 is 0 Å². The monoisotopic (exact) mass is 158 g/mol. The van der Waals surface area contributed by atoms with E-state index in [-0.39, 0.29) is 24.4 Å². The van der Waals surface area contributed by atoms with Crippen LogP contribution in [0.2, 0.25) is 0 Å². The molecule has 2 fully saturated rings. The lowest BCUT2D eigenvalue weighted by Crippen LogP contribution is -2.40. The molecule has 0 amide bonds. The molecule has 0 aromatic rings. The molecule has 11 heavy (non-hydrogen) atoms. The SMILES string of the molecule is CC1OC(C2CC2C(=O)O)O1. The Morgan fingerprint density at radius 1 is 1.55 bits per heavy atom. The van der Waals surface area contributed by atoms with Gasteiger partial charge >= 0.3 is 5.97 Å². The van der Waals surface area contributed by atoms with Crippen LogP contribution in [0.5, 0.6) is 0 Å². The first-order valence-corrected chi connectivity index (χ1v) is 3.72. The summed E-state index contributed by atoms with van der Waals surface area (Å²) >= 11 is 0. The summed E-state index contributed by atoms with van der Waals surface area (Å²) in [6.45, 7) is 1.80. The van der Waals surface area contributed by atoms with E-state index in [9.17, 15) is 4.79 Å². The Kier molecular flexibility index (Phi) is 1.40. The van der Waals surface area contributed by atoms with Gasteiger partial charge in [0, 0.05) is 5.92 Å². The number of carbonyl (C=O) groups is 1. The van der Waals surface area contributed by atoms with E-state index in [2.05, 4.69) is 0 Å². The topological polar surface area (TPSA) is 55.8 Å². The fourth-order valence-electron chi connectivity index (χ4n) is 1.39. The van der Waals surface area contributed by atoms with Crippen molar-refractivity contribution >= 4 is 5.97 Å². The van der Waals surface area contributed by atoms with E-state index in [4.69, 9.17) is 14.6 Å². The number of hydrogen-bond donors (Lipinski definition) is 1. The predicted octanol–water partition coefficient (Wildman–Crippen LogP) is 0.426. The van der Waals surface area contributed by atoms with Gasteiger partial charge in [-0.25, -0.2) is 0 Å². The Labute approximate surface area is 64.1 Å². The van der Waals surface area contributed by atoms with Gasteiger partial charge in [-0.3, -0.25) is 4.79 Å². The van der Waals surface area contributed by atoms with E-state index < -0.39 is 5.97 Å². The van der Waals surface area contributed by atoms with Crippen molar-refractivity contribution in [1.29, 1.82) is 0 Å². The molecule has 1 aliphatic carbocycles. The molecule has 1 heterocycles. The van der Waals surface area contributed by atoms with Gasteiger partial charge in [0.2, 0.25) is 0 Å². The van der Waals surface area contributed by atoms with Gasteiger partial charge < -0.3 is 14.6 Å². The Morgan fingerprint density at radius 2 is 2.18 bits per heavy atom. The number of rotatable bonds is 2. The van der Waals surface area contributed by atoms with Gasteiger partial charge in [0.1, 0.15) is 0 Å². The summed E-state index contributed by atoms with van der Waals surface area (Å²) in [4.78, 5) is 10.4. The summed E-state index contributed by atoms with van der Waals surface area (Å²) < 4.78 is 10.3. The van der Waals surface area contributed by atoms with Crippen LogP contribution < -0.4 is 0 Å². The van der Waals surface area contributed by atoms with Crippen LogP contribution in [0.1, 0.15) is 13.3 Å². The van der Waals surface area contributed by atoms with Gasteiger partial charge in [-0.2, -0.15) is 0 Å². The van der Waals surface area contributed by atoms with Crippen LogP contribution in [0.15, 0.2) is 0 Å². The summed E-state index contributed by atoms with van der Waals surface area (Å²) in [5, 5.41) is 8.55. The van der Waals surface area contributed by atoms with Crippen LogP contribution in [0.25, 0.3) is 0 Å². The Bertz CT molecular complexity index is 185. The summed E-state index contributed by atoms with van der Waals surface area (Å²) in [6, 6.07) is 0. The quantitative estimate of drug-likeness (QED) is 0.633. The van der Waals surface area contributed by atoms with Crippen LogP contribution in [0.4, 0.5) is 0 Å². The lowest BCUT2D eigenvalue weighted by atomic mass is 10.3. The van der Waals surface area contributed by atoms with Crippen molar-refractivity contribution < 1.29 is 19.4 Å². The van der Waals surface area contributed by atoms with Gasteiger partial charge in [-0.1, -0.05) is 0 Å². The number of carboxylic acid groups (broad SMARTS) is 1. The zero-order chi connectivity index (χ0) is 8.01. The summed E-state index contributed by atoms with van der Waals surface area (Å²) in [5.41, 5.74) is 0. The highest BCUT2D eigenvalue weighted by molar-refractivity contribution is 5.73. The minimum atomic E-state index is -0.734. The standard InChI is InChI=1S/C7H10O4/c1-3-10-7(11-3)5-2-4(5)6(8)9/h3-5,7H,2H2,1H3,(H,8,9). The van der Waals surface area contributed by atoms with Gasteiger partial charge in [0.15, 0.2) is 12.6 Å². The summed E-state index contributed by atoms with van der Waals surface area (Å²) in [7, 11) is 0. The van der Waals surface area contributed by atoms with Crippen molar-refractivity contribution in [3.8, 4) is 0 Å². The van der Waals surface area contributed by atoms with E-state index >= 15 is 0 Å². The van der Waals surface area contributed by atoms with Gasteiger partial charge in [0.25, 0.3) is 0 Å². The molecule has 0 bridgehead atoms. The lowest BCUT2D eigenvalue weighted by molar-refractivity contribution is -0.383. The maximum Gasteiger partial charge on any atom is 0.306 e. The first-order valence-electron chi connectivity index (χ1n) is 3.72. The molecule has 4 nitrogen and oxygen atoms in total. The largest absolute Gasteiger partial charge is 0.481 e. The normalized spacial score (nSPS) is 48.1. The van der Waals surface area contributed by atoms with Crippen molar-refractivity contribution in [3.63, 3.8) is 0 Å². The molecular weight excluding hydrogens is 148 g/mol. The second-order valence-corrected chi connectivity index (χ2v) is 3.05. The number of carboxylic acids is 1. The average molecular weight is 158 g/mol. The average Bonchev–Trinajstić information content (AvgIpc) is 2.58. The van der Waals surface area contributed by atoms with Crippen molar-refractivity contribution in [2.45, 2.75) is 25.9 Å². The number of hydrogen-bond acceptors (Lipinski definition) is 3. The smallest absolute Gasteiger partial charge is 0.306 e. The zero-order valence-electron chi connectivity index (χ0n) is 6.19. The number of ether oxygens (including phenoxy) is 2. The molecule has 4 heteroatoms. The Hall–Kier alpha value is -0.610. The number of aliphatic carboxylic acids is 1. The Balaban J connectivity index is 1.79. The molecule has 1 N–H and O–H groups in total. The summed E-state index contributed by atoms with van der Waals surface area (Å²) in [5.74, 6) is -0.863. The molecule has 62 valence electrons. The molecule has 2 atom stereocenters. The maximum absolute atomic E-state index is 10.4. The molecular formula is C7H10O4. The van der Waals surface area contributed by atoms with Gasteiger partial charge in [0.05, 0.1) is 5.92 Å². The van der Waals surface area contributed by atoms with E-state index in [1.54, 1.807) is 6.92 Å². The second-order valence-electron chi connectivity index (χ2n) is 3.05. The van der Waals surface area contributed by atoms with Crippen molar-refractivity contribution in [2.75, 3.05) is 0 Å². The van der Waals surface area contributed by atoms with Crippen molar-refractivity contribution in [1.82, 2.24) is 0 Å². The molecule has 0 spiro atoms. The van der Waals surface area contributed by atoms with Crippen LogP contribution in [-0.4, -0.2) is 23.7 Å². The highest BCUT2D eigenvalue weighted by Gasteiger charge is 2.53. The molecule has 0 radical (unpaired) electrons. The van der Waals surface area contributed by atoms with Crippen molar-refractivity contribution in [3.05, 3.63) is 0 Å². The molecule has 1 saturated carbocycles. The summed E-state index contributed by atoms with van der Waals surface area (Å²) in [6.07, 6.45) is 0.313. The minimum Gasteiger partial charge on any atom is -0.481 e. The molecule has 2 aliphatic rings. The zero-order valence-corrected chi connectivity index (χ0v) is 6.19. The third-order valence-electron chi connectivity index (χ3n) is 2.16. The third kappa shape index (κ3) is 1.12. The Morgan fingerprint density at radius 3 is 2.55 bits per heavy atom. The van der Waals surface area contributed by atoms with Gasteiger partial charge in [-0.05, 0) is 13.3 Å². The lowest BCUT2D eigenvalue weighted by Gasteiger charge is -2.33. The highest BCUT2D eigenvalue weighted by atomic mass is 16.9. The molecule has 2 unspecified atom stereocenters. The maximum atomic E-state index is 10.4. The van der Waals surface area contributed by atoms with Crippen LogP contribution in [0, 0.1) is 11.8 Å². The van der Waals surface area contributed by atoms with E-state index in [1.165, 1.54) is 0 Å². The molecule has 1 aliphatic heterocycles. The van der Waals surface area contributed by atoms with Crippen molar-refractivity contribution in [2.24, 2.45) is 11.8 Å². The fourth-order valence-corrected chi connectivity index (χ4v) is 1.39. The third-order valence-corrected chi connectivity index (χ3v) is 2.16. The van der Waals surface area contributed by atoms with Crippen LogP contribution in [0.3, 0.4) is 0 Å². The highest BCUT2D eigenvalue weighted by Crippen LogP contribution is 2.46. The molecule has 0 aromatic carbocycles. The van der Waals surface area contributed by atoms with E-state index in [1.807, 2.05) is 0 Å². The van der Waals surface area contributed by atoms with E-state index in [0.717, 1.165) is 0 Å². The van der Waals surface area contributed by atoms with E-state index in [0.29, 0.717) is 6.42 Å². The second kappa shape index (κ2) is 2.19. The molecule has 2 rings (SSSR count). The first kappa shape index (κ1) is 7.06. The van der Waals surface area contributed by atoms with Gasteiger partial charge in [-0.15, -0.1) is 0 Å². The van der Waals surface area contributed by atoms with Crippen LogP contribution in [-0.2, 0) is 14.3 Å². The molecule has 1 saturated heterocycles. The first-order chi connectivity index (χ1) is 5.18.